The Hall–Kier alpha value is -4.02. The summed E-state index contributed by atoms with van der Waals surface area (Å²) in [6.07, 6.45) is 5.25. The molecule has 0 saturated carbocycles. The summed E-state index contributed by atoms with van der Waals surface area (Å²) < 4.78 is 22.5. The quantitative estimate of drug-likeness (QED) is 0.455. The van der Waals surface area contributed by atoms with E-state index in [-0.39, 0.29) is 24.8 Å². The number of benzene rings is 1. The molecule has 3 aromatic rings. The third-order valence-corrected chi connectivity index (χ3v) is 6.25. The number of rotatable bonds is 8. The fourth-order valence-corrected chi connectivity index (χ4v) is 4.45. The van der Waals surface area contributed by atoms with Gasteiger partial charge in [0.2, 0.25) is 6.79 Å². The van der Waals surface area contributed by atoms with E-state index in [2.05, 4.69) is 27.2 Å². The SMILES string of the molecule is CCCCOc1ccc2c(c1-c1ncnc3c(C(=O)NC4CCN(C(=O)OCC)C4)c[nH]c13)OCO2. The van der Waals surface area contributed by atoms with Crippen molar-refractivity contribution in [2.75, 3.05) is 33.1 Å². The van der Waals surface area contributed by atoms with Crippen LogP contribution in [0.4, 0.5) is 4.79 Å². The van der Waals surface area contributed by atoms with E-state index in [9.17, 15) is 9.59 Å². The zero-order valence-corrected chi connectivity index (χ0v) is 20.3. The summed E-state index contributed by atoms with van der Waals surface area (Å²) >= 11 is 0. The molecule has 11 heteroatoms. The van der Waals surface area contributed by atoms with Crippen molar-refractivity contribution < 1.29 is 28.5 Å². The van der Waals surface area contributed by atoms with Gasteiger partial charge in [0, 0.05) is 25.3 Å². The monoisotopic (exact) mass is 495 g/mol. The van der Waals surface area contributed by atoms with E-state index in [1.165, 1.54) is 6.33 Å². The molecule has 2 N–H and O–H groups in total. The first-order chi connectivity index (χ1) is 17.6. The van der Waals surface area contributed by atoms with E-state index in [0.29, 0.717) is 77.8 Å². The number of ether oxygens (including phenoxy) is 4. The molecular weight excluding hydrogens is 466 g/mol. The van der Waals surface area contributed by atoms with Gasteiger partial charge >= 0.3 is 6.09 Å². The first kappa shape index (κ1) is 23.7. The molecule has 0 aliphatic carbocycles. The van der Waals surface area contributed by atoms with E-state index in [0.717, 1.165) is 12.8 Å². The summed E-state index contributed by atoms with van der Waals surface area (Å²) in [5, 5.41) is 3.01. The van der Waals surface area contributed by atoms with Crippen molar-refractivity contribution in [3.8, 4) is 28.5 Å². The summed E-state index contributed by atoms with van der Waals surface area (Å²) in [4.78, 5) is 38.8. The topological polar surface area (TPSA) is 128 Å². The normalized spacial score (nSPS) is 16.4. The molecule has 1 unspecified atom stereocenters. The van der Waals surface area contributed by atoms with Crippen LogP contribution in [-0.2, 0) is 4.74 Å². The fourth-order valence-electron chi connectivity index (χ4n) is 4.45. The molecule has 2 aliphatic rings. The number of hydrogen-bond acceptors (Lipinski definition) is 8. The minimum Gasteiger partial charge on any atom is -0.493 e. The Bertz CT molecular complexity index is 1280. The van der Waals surface area contributed by atoms with Crippen LogP contribution < -0.4 is 19.5 Å². The van der Waals surface area contributed by atoms with Crippen LogP contribution in [0.2, 0.25) is 0 Å². The van der Waals surface area contributed by atoms with Crippen molar-refractivity contribution in [2.45, 2.75) is 39.2 Å². The van der Waals surface area contributed by atoms with Crippen LogP contribution in [0.25, 0.3) is 22.3 Å². The average Bonchev–Trinajstić information content (AvgIpc) is 3.63. The number of aromatic nitrogens is 3. The molecule has 1 atom stereocenters. The predicted molar refractivity (Wildman–Crippen MR) is 130 cm³/mol. The lowest BCUT2D eigenvalue weighted by Gasteiger charge is -2.16. The van der Waals surface area contributed by atoms with Gasteiger partial charge in [-0.2, -0.15) is 0 Å². The van der Waals surface area contributed by atoms with Gasteiger partial charge in [-0.15, -0.1) is 0 Å². The zero-order chi connectivity index (χ0) is 25.1. The molecule has 36 heavy (non-hydrogen) atoms. The van der Waals surface area contributed by atoms with Crippen LogP contribution in [0.5, 0.6) is 17.2 Å². The van der Waals surface area contributed by atoms with E-state index in [1.54, 1.807) is 18.0 Å². The lowest BCUT2D eigenvalue weighted by atomic mass is 10.1. The molecule has 1 saturated heterocycles. The number of carbonyl (C=O) groups excluding carboxylic acids is 2. The Morgan fingerprint density at radius 1 is 1.25 bits per heavy atom. The van der Waals surface area contributed by atoms with Gasteiger partial charge < -0.3 is 34.1 Å². The van der Waals surface area contributed by atoms with Gasteiger partial charge in [-0.3, -0.25) is 4.79 Å². The lowest BCUT2D eigenvalue weighted by Crippen LogP contribution is -2.38. The van der Waals surface area contributed by atoms with Gasteiger partial charge in [0.15, 0.2) is 11.5 Å². The van der Waals surface area contributed by atoms with Gasteiger partial charge in [-0.05, 0) is 31.9 Å². The van der Waals surface area contributed by atoms with Crippen molar-refractivity contribution in [3.05, 3.63) is 30.2 Å². The molecule has 2 aromatic heterocycles. The van der Waals surface area contributed by atoms with Crippen LogP contribution in [0.1, 0.15) is 43.5 Å². The maximum absolute atomic E-state index is 13.2. The first-order valence-corrected chi connectivity index (χ1v) is 12.2. The molecule has 0 radical (unpaired) electrons. The zero-order valence-electron chi connectivity index (χ0n) is 20.3. The van der Waals surface area contributed by atoms with Crippen molar-refractivity contribution >= 4 is 23.0 Å². The first-order valence-electron chi connectivity index (χ1n) is 12.2. The molecule has 2 aliphatic heterocycles. The van der Waals surface area contributed by atoms with E-state index in [1.807, 2.05) is 12.1 Å². The third kappa shape index (κ3) is 4.48. The lowest BCUT2D eigenvalue weighted by molar-refractivity contribution is 0.0931. The van der Waals surface area contributed by atoms with E-state index >= 15 is 0 Å². The van der Waals surface area contributed by atoms with Gasteiger partial charge in [-0.1, -0.05) is 13.3 Å². The summed E-state index contributed by atoms with van der Waals surface area (Å²) in [5.74, 6) is 1.50. The van der Waals surface area contributed by atoms with Crippen LogP contribution in [0, 0.1) is 0 Å². The van der Waals surface area contributed by atoms with Gasteiger partial charge in [0.25, 0.3) is 5.91 Å². The summed E-state index contributed by atoms with van der Waals surface area (Å²) in [7, 11) is 0. The van der Waals surface area contributed by atoms with Crippen LogP contribution >= 0.6 is 0 Å². The number of H-pyrrole nitrogens is 1. The van der Waals surface area contributed by atoms with Crippen LogP contribution in [-0.4, -0.2) is 71.0 Å². The summed E-state index contributed by atoms with van der Waals surface area (Å²) in [6, 6.07) is 3.49. The van der Waals surface area contributed by atoms with E-state index in [4.69, 9.17) is 18.9 Å². The second-order valence-corrected chi connectivity index (χ2v) is 8.63. The van der Waals surface area contributed by atoms with Crippen molar-refractivity contribution in [1.82, 2.24) is 25.2 Å². The minimum absolute atomic E-state index is 0.109. The smallest absolute Gasteiger partial charge is 0.409 e. The summed E-state index contributed by atoms with van der Waals surface area (Å²) in [6.45, 7) is 5.78. The summed E-state index contributed by atoms with van der Waals surface area (Å²) in [5.41, 5.74) is 2.67. The number of aromatic amines is 1. The molecule has 190 valence electrons. The number of nitrogens with zero attached hydrogens (tertiary/aromatic N) is 3. The fraction of sp³-hybridized carbons (Fsp3) is 0.440. The highest BCUT2D eigenvalue weighted by Gasteiger charge is 2.30. The Morgan fingerprint density at radius 3 is 2.97 bits per heavy atom. The highest BCUT2D eigenvalue weighted by Crippen LogP contribution is 2.47. The minimum atomic E-state index is -0.364. The number of carbonyl (C=O) groups is 2. The van der Waals surface area contributed by atoms with Crippen LogP contribution in [0.15, 0.2) is 24.7 Å². The predicted octanol–water partition coefficient (Wildman–Crippen LogP) is 3.49. The Labute approximate surface area is 208 Å². The van der Waals surface area contributed by atoms with Gasteiger partial charge in [0.1, 0.15) is 23.3 Å². The standard InChI is InChI=1S/C25H29N5O6/c1-3-5-10-34-17-6-7-18-23(36-14-35-18)19(17)21-22-20(27-13-28-21)16(11-26-22)24(31)29-15-8-9-30(12-15)25(32)33-4-2/h6-7,11,13,15,26H,3-5,8-10,12,14H2,1-2H3,(H,29,31). The molecule has 2 amide bonds. The highest BCUT2D eigenvalue weighted by atomic mass is 16.7. The molecule has 0 spiro atoms. The molecule has 0 bridgehead atoms. The Balaban J connectivity index is 1.43. The third-order valence-electron chi connectivity index (χ3n) is 6.25. The maximum Gasteiger partial charge on any atom is 0.409 e. The molecular formula is C25H29N5O6. The molecule has 1 fully saturated rings. The molecule has 11 nitrogen and oxygen atoms in total. The Morgan fingerprint density at radius 2 is 2.14 bits per heavy atom. The van der Waals surface area contributed by atoms with Crippen molar-refractivity contribution in [2.24, 2.45) is 0 Å². The molecule has 5 rings (SSSR count). The number of unbranched alkanes of at least 4 members (excludes halogenated alkanes) is 1. The number of nitrogens with one attached hydrogen (secondary N) is 2. The number of hydrogen-bond donors (Lipinski definition) is 2. The average molecular weight is 496 g/mol. The van der Waals surface area contributed by atoms with Crippen LogP contribution in [0.3, 0.4) is 0 Å². The van der Waals surface area contributed by atoms with Crippen molar-refractivity contribution in [1.29, 1.82) is 0 Å². The number of likely N-dealkylation sites (tertiary alicyclic amines) is 1. The second-order valence-electron chi connectivity index (χ2n) is 8.63. The van der Waals surface area contributed by atoms with E-state index < -0.39 is 0 Å². The Kier molecular flexibility index (Phi) is 6.79. The van der Waals surface area contributed by atoms with Crippen molar-refractivity contribution in [3.63, 3.8) is 0 Å². The highest BCUT2D eigenvalue weighted by molar-refractivity contribution is 6.08. The maximum atomic E-state index is 13.2. The number of amides is 2. The second kappa shape index (κ2) is 10.3. The molecule has 1 aromatic carbocycles. The molecule has 4 heterocycles. The largest absolute Gasteiger partial charge is 0.493 e. The van der Waals surface area contributed by atoms with Gasteiger partial charge in [-0.25, -0.2) is 14.8 Å². The van der Waals surface area contributed by atoms with Gasteiger partial charge in [0.05, 0.1) is 29.9 Å². The number of fused-ring (bicyclic) bond motifs is 2.